The van der Waals surface area contributed by atoms with Gasteiger partial charge in [-0.25, -0.2) is 0 Å². The van der Waals surface area contributed by atoms with Crippen molar-refractivity contribution in [3.63, 3.8) is 0 Å². The first kappa shape index (κ1) is 40.7. The van der Waals surface area contributed by atoms with Crippen LogP contribution in [-0.2, 0) is 23.3 Å². The monoisotopic (exact) mass is 756 g/mol. The molecule has 0 saturated heterocycles. The number of benzene rings is 6. The van der Waals surface area contributed by atoms with Gasteiger partial charge < -0.3 is 14.9 Å². The van der Waals surface area contributed by atoms with Crippen LogP contribution in [0.3, 0.4) is 0 Å². The Labute approximate surface area is 316 Å². The van der Waals surface area contributed by atoms with Gasteiger partial charge in [-0.3, -0.25) is 0 Å². The fourth-order valence-corrected chi connectivity index (χ4v) is 6.20. The summed E-state index contributed by atoms with van der Waals surface area (Å²) in [6.45, 7) is 7.40. The molecule has 242 valence electrons. The second kappa shape index (κ2) is 18.9. The van der Waals surface area contributed by atoms with Gasteiger partial charge in [0.1, 0.15) is 0 Å². The van der Waals surface area contributed by atoms with Crippen molar-refractivity contribution in [2.45, 2.75) is 13.8 Å². The Morgan fingerprint density at radius 1 is 0.479 bits per heavy atom. The van der Waals surface area contributed by atoms with Gasteiger partial charge in [-0.05, 0) is 21.9 Å². The number of halogens is 2. The van der Waals surface area contributed by atoms with Gasteiger partial charge in [-0.2, -0.15) is 6.07 Å². The summed E-state index contributed by atoms with van der Waals surface area (Å²) in [5, 5.41) is 7.95. The molecule has 0 bridgehead atoms. The van der Waals surface area contributed by atoms with Crippen molar-refractivity contribution < 1.29 is 23.3 Å². The van der Waals surface area contributed by atoms with Crippen LogP contribution in [0.25, 0.3) is 65.7 Å². The van der Waals surface area contributed by atoms with Crippen LogP contribution in [0.4, 0.5) is 0 Å². The molecule has 48 heavy (non-hydrogen) atoms. The molecule has 0 spiro atoms. The van der Waals surface area contributed by atoms with Crippen molar-refractivity contribution >= 4 is 64.0 Å². The van der Waals surface area contributed by atoms with E-state index in [1.807, 2.05) is 0 Å². The third-order valence-corrected chi connectivity index (χ3v) is 8.27. The van der Waals surface area contributed by atoms with Crippen molar-refractivity contribution in [1.82, 2.24) is 0 Å². The predicted molar refractivity (Wildman–Crippen MR) is 215 cm³/mol. The number of rotatable bonds is 3. The fourth-order valence-electron chi connectivity index (χ4n) is 6.20. The molecule has 0 N–H and O–H groups in total. The van der Waals surface area contributed by atoms with E-state index < -0.39 is 0 Å². The molecule has 0 aromatic heterocycles. The zero-order valence-electron chi connectivity index (χ0n) is 27.8. The van der Waals surface area contributed by atoms with E-state index in [9.17, 15) is 0 Å². The SMILES string of the molecule is Cc1cc2c(-c3ccccc3)ccc(C)c2[cH-]1.Cl.Cl.[CH3-].[CH3-].[Si]=[Zr].c1ccc(-c2cccc3[cH-]c(-c4cccc5ccccc45)cc23)cc1. The maximum atomic E-state index is 3.06. The van der Waals surface area contributed by atoms with Gasteiger partial charge in [-0.15, -0.1) is 93.4 Å². The van der Waals surface area contributed by atoms with E-state index in [-0.39, 0.29) is 39.7 Å². The summed E-state index contributed by atoms with van der Waals surface area (Å²) in [6, 6.07) is 56.6. The molecule has 0 atom stereocenters. The molecule has 0 aliphatic heterocycles. The van der Waals surface area contributed by atoms with Crippen molar-refractivity contribution in [1.29, 1.82) is 0 Å². The third kappa shape index (κ3) is 8.55. The summed E-state index contributed by atoms with van der Waals surface area (Å²) in [5.74, 6) is 0. The molecule has 4 heteroatoms. The quantitative estimate of drug-likeness (QED) is 0.124. The van der Waals surface area contributed by atoms with Gasteiger partial charge >= 0.3 is 30.2 Å². The number of aryl methyl sites for hydroxylation is 2. The first-order valence-electron chi connectivity index (χ1n) is 14.9. The molecule has 0 amide bonds. The third-order valence-electron chi connectivity index (χ3n) is 8.27. The van der Waals surface area contributed by atoms with Crippen molar-refractivity contribution in [3.05, 3.63) is 184 Å². The summed E-state index contributed by atoms with van der Waals surface area (Å²) in [7, 11) is 0. The maximum absolute atomic E-state index is 3.06. The zero-order chi connectivity index (χ0) is 30.5. The van der Waals surface area contributed by atoms with Gasteiger partial charge in [0.15, 0.2) is 0 Å². The Balaban J connectivity index is 0.000000310. The van der Waals surface area contributed by atoms with Crippen molar-refractivity contribution in [2.75, 3.05) is 0 Å². The minimum Gasteiger partial charge on any atom is -0.144 e. The molecule has 0 unspecified atom stereocenters. The molecular formula is C44H40Cl2SiZr-4. The first-order valence-corrected chi connectivity index (χ1v) is 19.0. The summed E-state index contributed by atoms with van der Waals surface area (Å²) < 4.78 is 0. The van der Waals surface area contributed by atoms with E-state index in [0.717, 1.165) is 0 Å². The van der Waals surface area contributed by atoms with Gasteiger partial charge in [0.2, 0.25) is 0 Å². The van der Waals surface area contributed by atoms with Crippen LogP contribution >= 0.6 is 24.8 Å². The van der Waals surface area contributed by atoms with Crippen molar-refractivity contribution in [2.24, 2.45) is 0 Å². The second-order valence-corrected chi connectivity index (χ2v) is 11.1. The molecule has 0 aliphatic rings. The van der Waals surface area contributed by atoms with E-state index in [1.54, 1.807) is 0 Å². The molecule has 8 aromatic rings. The van der Waals surface area contributed by atoms with Crippen LogP contribution in [-0.4, -0.2) is 6.88 Å². The molecule has 0 heterocycles. The average Bonchev–Trinajstić information content (AvgIpc) is 3.71. The first-order chi connectivity index (χ1) is 21.7. The molecule has 8 rings (SSSR count). The molecule has 0 saturated carbocycles. The Morgan fingerprint density at radius 3 is 1.69 bits per heavy atom. The predicted octanol–water partition coefficient (Wildman–Crippen LogP) is 13.2. The second-order valence-electron chi connectivity index (χ2n) is 11.1. The maximum Gasteiger partial charge on any atom is -0.0253 e. The summed E-state index contributed by atoms with van der Waals surface area (Å²) >= 11 is 1.36. The smallest absolute Gasteiger partial charge is 0.0253 e. The summed E-state index contributed by atoms with van der Waals surface area (Å²) in [6.07, 6.45) is 0. The Bertz CT molecular complexity index is 2170. The fraction of sp³-hybridized carbons (Fsp3) is 0.0455. The van der Waals surface area contributed by atoms with E-state index >= 15 is 0 Å². The van der Waals surface area contributed by atoms with Crippen molar-refractivity contribution in [3.8, 4) is 33.4 Å². The molecule has 0 fully saturated rings. The minimum atomic E-state index is 0. The average molecular weight is 759 g/mol. The molecule has 2 radical (unpaired) electrons. The van der Waals surface area contributed by atoms with E-state index in [4.69, 9.17) is 0 Å². The Hall–Kier alpha value is -3.52. The van der Waals surface area contributed by atoms with E-state index in [2.05, 4.69) is 178 Å². The number of hydrogen-bond donors (Lipinski definition) is 0. The van der Waals surface area contributed by atoms with Crippen LogP contribution in [0.2, 0.25) is 0 Å². The largest absolute Gasteiger partial charge is 0.144 e. The molecule has 0 nitrogen and oxygen atoms in total. The van der Waals surface area contributed by atoms with Gasteiger partial charge in [0.25, 0.3) is 0 Å². The minimum absolute atomic E-state index is 0. The molecular weight excluding hydrogens is 719 g/mol. The summed E-state index contributed by atoms with van der Waals surface area (Å²) in [5.41, 5.74) is 10.5. The van der Waals surface area contributed by atoms with Gasteiger partial charge in [0.05, 0.1) is 0 Å². The van der Waals surface area contributed by atoms with Gasteiger partial charge in [-0.1, -0.05) is 152 Å². The number of hydrogen-bond acceptors (Lipinski definition) is 0. The Morgan fingerprint density at radius 2 is 1.02 bits per heavy atom. The standard InChI is InChI=1S/C25H17.C17H15.2CH3.2ClH.Si.Zr/c1-2-8-18(9-3-1)23-14-7-12-20-16-21(17-25(20)23)24-15-6-11-19-10-4-5-13-22(19)24;1-12-10-16-13(2)8-9-15(17(16)11-12)14-6-4-3-5-7-14;;;;;;/h1-17H;3-11H,1-2H3;2*1H3;2*1H;;/q4*-1;;;;. The topological polar surface area (TPSA) is 0 Å². The zero-order valence-corrected chi connectivity index (χ0v) is 32.9. The van der Waals surface area contributed by atoms with Crippen LogP contribution in [0.5, 0.6) is 0 Å². The Kier molecular flexibility index (Phi) is 16.0. The van der Waals surface area contributed by atoms with Crippen LogP contribution in [0, 0.1) is 28.7 Å². The van der Waals surface area contributed by atoms with E-state index in [1.165, 1.54) is 100 Å². The van der Waals surface area contributed by atoms with Gasteiger partial charge in [0, 0.05) is 0 Å². The van der Waals surface area contributed by atoms with E-state index in [0.29, 0.717) is 0 Å². The molecule has 8 aromatic carbocycles. The van der Waals surface area contributed by atoms with Crippen LogP contribution < -0.4 is 0 Å². The normalized spacial score (nSPS) is 9.77. The molecule has 0 aliphatic carbocycles. The number of fused-ring (bicyclic) bond motifs is 3. The van der Waals surface area contributed by atoms with Crippen LogP contribution in [0.15, 0.2) is 158 Å². The van der Waals surface area contributed by atoms with Crippen LogP contribution in [0.1, 0.15) is 11.1 Å². The summed E-state index contributed by atoms with van der Waals surface area (Å²) in [4.78, 5) is 0.